The first-order valence-corrected chi connectivity index (χ1v) is 7.82. The zero-order valence-electron chi connectivity index (χ0n) is 11.8. The van der Waals surface area contributed by atoms with Gasteiger partial charge in [-0.05, 0) is 65.4 Å². The molecule has 1 heterocycles. The molecule has 0 aromatic heterocycles. The largest absolute Gasteiger partial charge is 0.282 e. The number of carbonyl (C=O) groups excluding carboxylic acids is 2. The summed E-state index contributed by atoms with van der Waals surface area (Å²) in [5.41, 5.74) is 5.34. The van der Waals surface area contributed by atoms with Crippen molar-refractivity contribution in [2.75, 3.05) is 5.01 Å². The number of aryl methyl sites for hydroxylation is 1. The molecule has 0 aliphatic carbocycles. The molecule has 0 unspecified atom stereocenters. The third-order valence-corrected chi connectivity index (χ3v) is 4.08. The summed E-state index contributed by atoms with van der Waals surface area (Å²) in [6, 6.07) is 15.0. The van der Waals surface area contributed by atoms with Crippen LogP contribution < -0.4 is 10.4 Å². The Labute approximate surface area is 141 Å². The van der Waals surface area contributed by atoms with Crippen molar-refractivity contribution in [1.82, 2.24) is 5.43 Å². The zero-order valence-corrected chi connectivity index (χ0v) is 14.0. The highest BCUT2D eigenvalue weighted by Crippen LogP contribution is 2.22. The standard InChI is InChI=1S/C17H13IN2O2/c1-11-2-4-12(5-3-11)10-15-16(21)19-20(17(15)22)14-8-6-13(18)7-9-14/h2-10H,1H3,(H,19,21)/b15-10-. The van der Waals surface area contributed by atoms with Crippen molar-refractivity contribution in [1.29, 1.82) is 0 Å². The van der Waals surface area contributed by atoms with E-state index >= 15 is 0 Å². The van der Waals surface area contributed by atoms with Crippen LogP contribution in [0.5, 0.6) is 0 Å². The van der Waals surface area contributed by atoms with Gasteiger partial charge in [0.2, 0.25) is 0 Å². The highest BCUT2D eigenvalue weighted by atomic mass is 127. The Morgan fingerprint density at radius 2 is 1.64 bits per heavy atom. The molecule has 5 heteroatoms. The molecule has 2 aromatic rings. The Kier molecular flexibility index (Phi) is 3.98. The van der Waals surface area contributed by atoms with Crippen molar-refractivity contribution in [2.45, 2.75) is 6.92 Å². The van der Waals surface area contributed by atoms with Gasteiger partial charge in [0.05, 0.1) is 5.69 Å². The number of hydrazine groups is 1. The fourth-order valence-corrected chi connectivity index (χ4v) is 2.52. The average molecular weight is 404 g/mol. The van der Waals surface area contributed by atoms with E-state index in [1.165, 1.54) is 5.01 Å². The number of nitrogens with zero attached hydrogens (tertiary/aromatic N) is 1. The fourth-order valence-electron chi connectivity index (χ4n) is 2.16. The van der Waals surface area contributed by atoms with Gasteiger partial charge >= 0.3 is 0 Å². The van der Waals surface area contributed by atoms with E-state index in [1.807, 2.05) is 43.3 Å². The zero-order chi connectivity index (χ0) is 15.7. The Balaban J connectivity index is 1.91. The Hall–Kier alpha value is -2.15. The van der Waals surface area contributed by atoms with E-state index in [9.17, 15) is 9.59 Å². The van der Waals surface area contributed by atoms with Crippen LogP contribution in [0.1, 0.15) is 11.1 Å². The monoisotopic (exact) mass is 404 g/mol. The molecule has 1 aliphatic rings. The number of rotatable bonds is 2. The van der Waals surface area contributed by atoms with E-state index in [4.69, 9.17) is 0 Å². The van der Waals surface area contributed by atoms with Gasteiger partial charge in [0.1, 0.15) is 5.57 Å². The van der Waals surface area contributed by atoms with E-state index in [1.54, 1.807) is 18.2 Å². The van der Waals surface area contributed by atoms with Gasteiger partial charge < -0.3 is 0 Å². The highest BCUT2D eigenvalue weighted by molar-refractivity contribution is 14.1. The van der Waals surface area contributed by atoms with Gasteiger partial charge in [0.25, 0.3) is 11.8 Å². The topological polar surface area (TPSA) is 49.4 Å². The molecule has 0 bridgehead atoms. The lowest BCUT2D eigenvalue weighted by Crippen LogP contribution is -2.35. The van der Waals surface area contributed by atoms with E-state index in [-0.39, 0.29) is 17.4 Å². The fraction of sp³-hybridized carbons (Fsp3) is 0.0588. The van der Waals surface area contributed by atoms with Gasteiger partial charge in [0, 0.05) is 3.57 Å². The smallest absolute Gasteiger partial charge is 0.267 e. The molecular weight excluding hydrogens is 391 g/mol. The summed E-state index contributed by atoms with van der Waals surface area (Å²) < 4.78 is 1.06. The summed E-state index contributed by atoms with van der Waals surface area (Å²) in [7, 11) is 0. The van der Waals surface area contributed by atoms with E-state index in [0.29, 0.717) is 5.69 Å². The molecule has 2 aromatic carbocycles. The number of hydrogen-bond donors (Lipinski definition) is 1. The van der Waals surface area contributed by atoms with Crippen molar-refractivity contribution in [2.24, 2.45) is 0 Å². The normalized spacial score (nSPS) is 16.3. The maximum Gasteiger partial charge on any atom is 0.282 e. The van der Waals surface area contributed by atoms with Gasteiger partial charge in [-0.3, -0.25) is 15.0 Å². The van der Waals surface area contributed by atoms with Crippen molar-refractivity contribution in [3.05, 3.63) is 68.8 Å². The molecule has 0 atom stereocenters. The molecule has 3 rings (SSSR count). The number of amides is 2. The van der Waals surface area contributed by atoms with Crippen LogP contribution in [0.15, 0.2) is 54.1 Å². The Morgan fingerprint density at radius 3 is 2.27 bits per heavy atom. The summed E-state index contributed by atoms with van der Waals surface area (Å²) >= 11 is 2.19. The van der Waals surface area contributed by atoms with E-state index < -0.39 is 0 Å². The summed E-state index contributed by atoms with van der Waals surface area (Å²) in [6.45, 7) is 1.99. The minimum atomic E-state index is -0.385. The summed E-state index contributed by atoms with van der Waals surface area (Å²) in [5.74, 6) is -0.726. The lowest BCUT2D eigenvalue weighted by molar-refractivity contribution is -0.117. The van der Waals surface area contributed by atoms with E-state index in [0.717, 1.165) is 14.7 Å². The number of halogens is 1. The molecule has 0 radical (unpaired) electrons. The predicted molar refractivity (Wildman–Crippen MR) is 93.9 cm³/mol. The first-order valence-electron chi connectivity index (χ1n) is 6.74. The van der Waals surface area contributed by atoms with Crippen LogP contribution in [0.3, 0.4) is 0 Å². The number of hydrogen-bond acceptors (Lipinski definition) is 2. The minimum Gasteiger partial charge on any atom is -0.267 e. The molecule has 22 heavy (non-hydrogen) atoms. The summed E-state index contributed by atoms with van der Waals surface area (Å²) in [6.07, 6.45) is 1.61. The summed E-state index contributed by atoms with van der Waals surface area (Å²) in [5, 5.41) is 1.28. The average Bonchev–Trinajstić information content (AvgIpc) is 2.78. The number of benzene rings is 2. The van der Waals surface area contributed by atoms with Gasteiger partial charge in [-0.1, -0.05) is 29.8 Å². The van der Waals surface area contributed by atoms with Crippen LogP contribution in [-0.2, 0) is 9.59 Å². The van der Waals surface area contributed by atoms with Crippen molar-refractivity contribution in [3.63, 3.8) is 0 Å². The number of nitrogens with one attached hydrogen (secondary N) is 1. The lowest BCUT2D eigenvalue weighted by atomic mass is 10.1. The molecular formula is C17H13IN2O2. The molecule has 0 saturated carbocycles. The SMILES string of the molecule is Cc1ccc(/C=C2/C(=O)NN(c3ccc(I)cc3)C2=O)cc1. The second-order valence-corrected chi connectivity index (χ2v) is 6.27. The Morgan fingerprint density at radius 1 is 1.00 bits per heavy atom. The van der Waals surface area contributed by atoms with Gasteiger partial charge in [-0.25, -0.2) is 5.01 Å². The van der Waals surface area contributed by atoms with E-state index in [2.05, 4.69) is 28.0 Å². The van der Waals surface area contributed by atoms with Crippen LogP contribution >= 0.6 is 22.6 Å². The molecule has 1 N–H and O–H groups in total. The molecule has 1 fully saturated rings. The first-order chi connectivity index (χ1) is 10.5. The van der Waals surface area contributed by atoms with Crippen LogP contribution in [0.25, 0.3) is 6.08 Å². The molecule has 2 amide bonds. The minimum absolute atomic E-state index is 0.141. The van der Waals surface area contributed by atoms with Gasteiger partial charge in [-0.15, -0.1) is 0 Å². The maximum absolute atomic E-state index is 12.4. The van der Waals surface area contributed by atoms with Crippen molar-refractivity contribution in [3.8, 4) is 0 Å². The maximum atomic E-state index is 12.4. The third kappa shape index (κ3) is 2.89. The van der Waals surface area contributed by atoms with Crippen LogP contribution in [-0.4, -0.2) is 11.8 Å². The van der Waals surface area contributed by atoms with Crippen molar-refractivity contribution >= 4 is 46.2 Å². The molecule has 1 aliphatic heterocycles. The van der Waals surface area contributed by atoms with Gasteiger partial charge in [0.15, 0.2) is 0 Å². The first kappa shape index (κ1) is 14.8. The molecule has 110 valence electrons. The molecule has 1 saturated heterocycles. The quantitative estimate of drug-likeness (QED) is 0.475. The number of carbonyl (C=O) groups is 2. The van der Waals surface area contributed by atoms with Crippen LogP contribution in [0, 0.1) is 10.5 Å². The summed E-state index contributed by atoms with van der Waals surface area (Å²) in [4.78, 5) is 24.5. The van der Waals surface area contributed by atoms with Gasteiger partial charge in [-0.2, -0.15) is 0 Å². The second-order valence-electron chi connectivity index (χ2n) is 5.03. The number of anilines is 1. The van der Waals surface area contributed by atoms with Crippen molar-refractivity contribution < 1.29 is 9.59 Å². The molecule has 4 nitrogen and oxygen atoms in total. The third-order valence-electron chi connectivity index (χ3n) is 3.36. The molecule has 0 spiro atoms. The Bertz CT molecular complexity index is 764. The van der Waals surface area contributed by atoms with Crippen LogP contribution in [0.2, 0.25) is 0 Å². The van der Waals surface area contributed by atoms with Crippen LogP contribution in [0.4, 0.5) is 5.69 Å². The lowest BCUT2D eigenvalue weighted by Gasteiger charge is -2.14. The highest BCUT2D eigenvalue weighted by Gasteiger charge is 2.34. The predicted octanol–water partition coefficient (Wildman–Crippen LogP) is 3.06. The second kappa shape index (κ2) is 5.92.